The zero-order chi connectivity index (χ0) is 24.9. The number of hydrogen-bond acceptors (Lipinski definition) is 6. The predicted octanol–water partition coefficient (Wildman–Crippen LogP) is 3.22. The summed E-state index contributed by atoms with van der Waals surface area (Å²) < 4.78 is 5.21. The molecular formula is C26H35N2O5P. The smallest absolute Gasteiger partial charge is 0.328 e. The van der Waals surface area contributed by atoms with Crippen molar-refractivity contribution >= 4 is 24.9 Å². The molecule has 2 aromatic rings. The highest BCUT2D eigenvalue weighted by molar-refractivity contribution is 7.52. The van der Waals surface area contributed by atoms with Gasteiger partial charge in [0.2, 0.25) is 5.91 Å². The van der Waals surface area contributed by atoms with Crippen molar-refractivity contribution in [2.24, 2.45) is 5.92 Å². The fourth-order valence-electron chi connectivity index (χ4n) is 3.50. The molecule has 0 radical (unpaired) electrons. The van der Waals surface area contributed by atoms with Gasteiger partial charge in [-0.05, 0) is 31.0 Å². The highest BCUT2D eigenvalue weighted by atomic mass is 31.1. The molecule has 8 heteroatoms. The summed E-state index contributed by atoms with van der Waals surface area (Å²) >= 11 is 0. The summed E-state index contributed by atoms with van der Waals surface area (Å²) in [7, 11) is -1.78. The first-order chi connectivity index (χ1) is 16.4. The number of hydroxylamine groups is 1. The Hall–Kier alpha value is -2.73. The number of amides is 1. The molecule has 0 aliphatic rings. The van der Waals surface area contributed by atoms with E-state index < -0.39 is 31.7 Å². The van der Waals surface area contributed by atoms with Crippen LogP contribution in [0, 0.1) is 5.92 Å². The Balaban J connectivity index is 2.34. The van der Waals surface area contributed by atoms with Crippen molar-refractivity contribution in [3.8, 4) is 5.75 Å². The molecule has 0 bridgehead atoms. The Morgan fingerprint density at radius 3 is 2.18 bits per heavy atom. The number of carbonyl (C=O) groups excluding carboxylic acids is 2. The normalized spacial score (nSPS) is 13.6. The molecule has 7 nitrogen and oxygen atoms in total. The van der Waals surface area contributed by atoms with Gasteiger partial charge in [-0.3, -0.25) is 4.79 Å². The first-order valence-electron chi connectivity index (χ1n) is 11.7. The minimum atomic E-state index is -1.78. The summed E-state index contributed by atoms with van der Waals surface area (Å²) in [5.41, 5.74) is 3.70. The van der Waals surface area contributed by atoms with Crippen LogP contribution >= 0.6 is 7.77 Å². The molecule has 0 aromatic heterocycles. The average Bonchev–Trinajstić information content (AvgIpc) is 2.82. The summed E-state index contributed by atoms with van der Waals surface area (Å²) in [5.74, 6) is -0.646. The Morgan fingerprint density at radius 2 is 1.62 bits per heavy atom. The highest BCUT2D eigenvalue weighted by Gasteiger charge is 2.35. The van der Waals surface area contributed by atoms with E-state index in [1.54, 1.807) is 19.1 Å². The summed E-state index contributed by atoms with van der Waals surface area (Å²) in [5, 5.41) is 3.36. The van der Waals surface area contributed by atoms with Crippen LogP contribution in [-0.4, -0.2) is 42.0 Å². The Morgan fingerprint density at radius 1 is 1.00 bits per heavy atom. The van der Waals surface area contributed by atoms with Crippen LogP contribution in [0.2, 0.25) is 0 Å². The van der Waals surface area contributed by atoms with Gasteiger partial charge in [-0.25, -0.2) is 4.79 Å². The SMILES string of the molecule is CCC[P+]([O-])=C(C(C)C)[C@H](NOc1ccccc1)C(=O)N[C@@H](Cc1ccccc1)C(=O)OCC. The first-order valence-corrected chi connectivity index (χ1v) is 13.1. The van der Waals surface area contributed by atoms with Crippen LogP contribution in [0.25, 0.3) is 0 Å². The molecule has 2 aromatic carbocycles. The number of benzene rings is 2. The van der Waals surface area contributed by atoms with E-state index in [1.807, 2.05) is 69.3 Å². The molecular weight excluding hydrogens is 451 g/mol. The standard InChI is InChI=1S/C26H35N2O5P/c1-5-17-34(31)24(19(3)4)23(28-33-21-15-11-8-12-16-21)25(29)27-22(26(30)32-6-2)18-20-13-9-7-10-14-20/h7-16,19,22-23,28H,5-6,17-18H2,1-4H3,(H,27,29)/t22-,23-/m0/s1. The monoisotopic (exact) mass is 486 g/mol. The Labute approximate surface area is 203 Å². The summed E-state index contributed by atoms with van der Waals surface area (Å²) in [6, 6.07) is 16.5. The minimum Gasteiger partial charge on any atom is -0.630 e. The van der Waals surface area contributed by atoms with Crippen LogP contribution in [0.15, 0.2) is 60.7 Å². The molecule has 0 fully saturated rings. The highest BCUT2D eigenvalue weighted by Crippen LogP contribution is 2.23. The van der Waals surface area contributed by atoms with Crippen LogP contribution in [0.5, 0.6) is 5.75 Å². The molecule has 1 amide bonds. The molecule has 2 rings (SSSR count). The molecule has 1 unspecified atom stereocenters. The molecule has 0 aliphatic carbocycles. The quantitative estimate of drug-likeness (QED) is 0.256. The number of rotatable bonds is 13. The van der Waals surface area contributed by atoms with Gasteiger partial charge in [0.1, 0.15) is 23.2 Å². The van der Waals surface area contributed by atoms with E-state index >= 15 is 0 Å². The molecule has 0 saturated heterocycles. The van der Waals surface area contributed by atoms with Gasteiger partial charge in [0, 0.05) is 12.3 Å². The van der Waals surface area contributed by atoms with Gasteiger partial charge in [0.05, 0.1) is 14.4 Å². The fraction of sp³-hybridized carbons (Fsp3) is 0.423. The molecule has 0 aliphatic heterocycles. The summed E-state index contributed by atoms with van der Waals surface area (Å²) in [6.45, 7) is 7.66. The maximum atomic E-state index is 13.5. The Bertz CT molecular complexity index is 935. The van der Waals surface area contributed by atoms with Crippen molar-refractivity contribution in [2.45, 2.75) is 52.6 Å². The number of hydrogen-bond donors (Lipinski definition) is 2. The number of carbonyl (C=O) groups is 2. The van der Waals surface area contributed by atoms with Crippen molar-refractivity contribution < 1.29 is 24.1 Å². The van der Waals surface area contributed by atoms with E-state index in [9.17, 15) is 14.5 Å². The number of nitrogens with one attached hydrogen (secondary N) is 2. The van der Waals surface area contributed by atoms with Gasteiger partial charge in [-0.2, -0.15) is 0 Å². The third kappa shape index (κ3) is 8.56. The molecule has 0 saturated carbocycles. The van der Waals surface area contributed by atoms with Crippen molar-refractivity contribution in [1.82, 2.24) is 10.8 Å². The molecule has 3 atom stereocenters. The van der Waals surface area contributed by atoms with Gasteiger partial charge in [-0.15, -0.1) is 5.48 Å². The van der Waals surface area contributed by atoms with Gasteiger partial charge in [0.15, 0.2) is 6.04 Å². The van der Waals surface area contributed by atoms with Gasteiger partial charge in [0.25, 0.3) is 0 Å². The molecule has 0 spiro atoms. The largest absolute Gasteiger partial charge is 0.630 e. The molecule has 184 valence electrons. The van der Waals surface area contributed by atoms with Gasteiger partial charge >= 0.3 is 5.97 Å². The number of ether oxygens (including phenoxy) is 1. The zero-order valence-electron chi connectivity index (χ0n) is 20.3. The first kappa shape index (κ1) is 27.5. The lowest BCUT2D eigenvalue weighted by Crippen LogP contribution is -2.56. The van der Waals surface area contributed by atoms with E-state index in [0.29, 0.717) is 17.2 Å². The van der Waals surface area contributed by atoms with E-state index in [1.165, 1.54) is 0 Å². The molecule has 34 heavy (non-hydrogen) atoms. The fourth-order valence-corrected chi connectivity index (χ4v) is 5.20. The average molecular weight is 487 g/mol. The van der Waals surface area contributed by atoms with Crippen molar-refractivity contribution in [3.05, 3.63) is 66.2 Å². The molecule has 0 heterocycles. The van der Waals surface area contributed by atoms with Crippen LogP contribution in [0.1, 0.15) is 39.7 Å². The lowest BCUT2D eigenvalue weighted by Gasteiger charge is -2.25. The van der Waals surface area contributed by atoms with E-state index in [2.05, 4.69) is 10.8 Å². The summed E-state index contributed by atoms with van der Waals surface area (Å²) in [6.07, 6.45) is 1.46. The van der Waals surface area contributed by atoms with E-state index in [-0.39, 0.29) is 18.9 Å². The lowest BCUT2D eigenvalue weighted by molar-refractivity contribution is -0.153. The third-order valence-corrected chi connectivity index (χ3v) is 7.28. The topological polar surface area (TPSA) is 99.7 Å². The van der Waals surface area contributed by atoms with Crippen LogP contribution in [-0.2, 0) is 20.7 Å². The number of esters is 1. The van der Waals surface area contributed by atoms with Crippen molar-refractivity contribution in [3.63, 3.8) is 0 Å². The van der Waals surface area contributed by atoms with Crippen LogP contribution in [0.3, 0.4) is 0 Å². The van der Waals surface area contributed by atoms with E-state index in [4.69, 9.17) is 9.57 Å². The second-order valence-corrected chi connectivity index (χ2v) is 9.87. The van der Waals surface area contributed by atoms with Crippen LogP contribution in [0.4, 0.5) is 0 Å². The second kappa shape index (κ2) is 14.5. The van der Waals surface area contributed by atoms with Gasteiger partial charge in [-0.1, -0.05) is 69.3 Å². The zero-order valence-corrected chi connectivity index (χ0v) is 21.2. The second-order valence-electron chi connectivity index (χ2n) is 8.15. The molecule has 2 N–H and O–H groups in total. The predicted molar refractivity (Wildman–Crippen MR) is 135 cm³/mol. The maximum absolute atomic E-state index is 13.5. The minimum absolute atomic E-state index is 0.145. The van der Waals surface area contributed by atoms with Crippen molar-refractivity contribution in [1.29, 1.82) is 0 Å². The lowest BCUT2D eigenvalue weighted by atomic mass is 10.0. The van der Waals surface area contributed by atoms with E-state index in [0.717, 1.165) is 12.0 Å². The number of para-hydroxylation sites is 1. The van der Waals surface area contributed by atoms with Gasteiger partial charge < -0.3 is 19.8 Å². The third-order valence-electron chi connectivity index (χ3n) is 5.07. The summed E-state index contributed by atoms with van der Waals surface area (Å²) in [4.78, 5) is 45.0. The maximum Gasteiger partial charge on any atom is 0.328 e. The Kier molecular flexibility index (Phi) is 11.7. The van der Waals surface area contributed by atoms with Crippen molar-refractivity contribution in [2.75, 3.05) is 12.8 Å². The van der Waals surface area contributed by atoms with Crippen LogP contribution < -0.4 is 20.5 Å².